The van der Waals surface area contributed by atoms with Crippen LogP contribution < -0.4 is 15.4 Å². The van der Waals surface area contributed by atoms with Gasteiger partial charge in [-0.2, -0.15) is 0 Å². The van der Waals surface area contributed by atoms with Crippen LogP contribution in [0.15, 0.2) is 18.2 Å². The first-order valence-corrected chi connectivity index (χ1v) is 7.23. The first-order valence-electron chi connectivity index (χ1n) is 7.23. The van der Waals surface area contributed by atoms with Crippen LogP contribution in [0, 0.1) is 6.92 Å². The summed E-state index contributed by atoms with van der Waals surface area (Å²) in [5.41, 5.74) is 2.33. The van der Waals surface area contributed by atoms with Gasteiger partial charge in [0.2, 0.25) is 5.91 Å². The van der Waals surface area contributed by atoms with Gasteiger partial charge in [0.1, 0.15) is 5.75 Å². The van der Waals surface area contributed by atoms with Crippen molar-refractivity contribution in [3.63, 3.8) is 0 Å². The summed E-state index contributed by atoms with van der Waals surface area (Å²) >= 11 is 0. The molecule has 20 heavy (non-hydrogen) atoms. The van der Waals surface area contributed by atoms with Gasteiger partial charge in [0, 0.05) is 31.1 Å². The Hall–Kier alpha value is -1.55. The van der Waals surface area contributed by atoms with Gasteiger partial charge in [-0.1, -0.05) is 24.6 Å². The number of aryl methyl sites for hydroxylation is 1. The van der Waals surface area contributed by atoms with Crippen molar-refractivity contribution in [2.75, 3.05) is 20.2 Å². The minimum absolute atomic E-state index is 0.0998. The molecule has 0 aromatic heterocycles. The highest BCUT2D eigenvalue weighted by atomic mass is 16.5. The van der Waals surface area contributed by atoms with Crippen LogP contribution in [0.25, 0.3) is 0 Å². The van der Waals surface area contributed by atoms with Gasteiger partial charge in [0.25, 0.3) is 0 Å². The maximum atomic E-state index is 11.5. The van der Waals surface area contributed by atoms with Gasteiger partial charge in [-0.05, 0) is 26.3 Å². The molecule has 0 fully saturated rings. The molecular formula is C16H26N2O2. The number of amides is 1. The quantitative estimate of drug-likeness (QED) is 0.768. The maximum absolute atomic E-state index is 11.5. The van der Waals surface area contributed by atoms with E-state index < -0.39 is 0 Å². The first-order chi connectivity index (χ1) is 9.58. The number of hydrogen-bond donors (Lipinski definition) is 2. The molecule has 1 amide bonds. The SMILES string of the molecule is CCCNC(=O)CCNC(C)c1cc(C)ccc1OC. The molecule has 4 nitrogen and oxygen atoms in total. The third kappa shape index (κ3) is 5.21. The lowest BCUT2D eigenvalue weighted by molar-refractivity contribution is -0.121. The van der Waals surface area contributed by atoms with Crippen LogP contribution in [0.1, 0.15) is 43.9 Å². The molecule has 0 aliphatic carbocycles. The van der Waals surface area contributed by atoms with E-state index in [1.807, 2.05) is 19.1 Å². The van der Waals surface area contributed by atoms with Gasteiger partial charge >= 0.3 is 0 Å². The topological polar surface area (TPSA) is 50.4 Å². The number of methoxy groups -OCH3 is 1. The number of rotatable bonds is 8. The standard InChI is InChI=1S/C16H26N2O2/c1-5-9-18-16(19)8-10-17-13(3)14-11-12(2)6-7-15(14)20-4/h6-7,11,13,17H,5,8-10H2,1-4H3,(H,18,19). The molecule has 0 aliphatic rings. The zero-order valence-electron chi connectivity index (χ0n) is 13.0. The second-order valence-electron chi connectivity index (χ2n) is 5.02. The maximum Gasteiger partial charge on any atom is 0.221 e. The Morgan fingerprint density at radius 2 is 2.10 bits per heavy atom. The van der Waals surface area contributed by atoms with Crippen LogP contribution in [0.2, 0.25) is 0 Å². The number of nitrogens with one attached hydrogen (secondary N) is 2. The second-order valence-corrected chi connectivity index (χ2v) is 5.02. The molecule has 1 atom stereocenters. The van der Waals surface area contributed by atoms with Crippen molar-refractivity contribution < 1.29 is 9.53 Å². The third-order valence-corrected chi connectivity index (χ3v) is 3.23. The fourth-order valence-electron chi connectivity index (χ4n) is 2.06. The molecule has 0 saturated carbocycles. The van der Waals surface area contributed by atoms with Crippen molar-refractivity contribution in [3.05, 3.63) is 29.3 Å². The van der Waals surface area contributed by atoms with E-state index in [0.29, 0.717) is 13.0 Å². The van der Waals surface area contributed by atoms with E-state index in [2.05, 4.69) is 30.5 Å². The predicted octanol–water partition coefficient (Wildman–Crippen LogP) is 2.57. The molecule has 0 saturated heterocycles. The van der Waals surface area contributed by atoms with E-state index in [1.165, 1.54) is 5.56 Å². The summed E-state index contributed by atoms with van der Waals surface area (Å²) in [4.78, 5) is 11.5. The van der Waals surface area contributed by atoms with Gasteiger partial charge < -0.3 is 15.4 Å². The average molecular weight is 278 g/mol. The fraction of sp³-hybridized carbons (Fsp3) is 0.562. The molecule has 0 aliphatic heterocycles. The van der Waals surface area contributed by atoms with E-state index in [0.717, 1.165) is 24.3 Å². The number of carbonyl (C=O) groups excluding carboxylic acids is 1. The van der Waals surface area contributed by atoms with Crippen LogP contribution in [0.4, 0.5) is 0 Å². The van der Waals surface area contributed by atoms with Crippen LogP contribution in [0.3, 0.4) is 0 Å². The summed E-state index contributed by atoms with van der Waals surface area (Å²) in [6, 6.07) is 6.29. The fourth-order valence-corrected chi connectivity index (χ4v) is 2.06. The van der Waals surface area contributed by atoms with E-state index in [-0.39, 0.29) is 11.9 Å². The van der Waals surface area contributed by atoms with Crippen molar-refractivity contribution in [1.82, 2.24) is 10.6 Å². The van der Waals surface area contributed by atoms with Gasteiger partial charge in [0.15, 0.2) is 0 Å². The Kier molecular flexibility index (Phi) is 7.09. The molecule has 0 spiro atoms. The molecule has 112 valence electrons. The summed E-state index contributed by atoms with van der Waals surface area (Å²) in [5.74, 6) is 0.980. The molecule has 1 unspecified atom stereocenters. The normalized spacial score (nSPS) is 12.0. The minimum Gasteiger partial charge on any atom is -0.496 e. The predicted molar refractivity (Wildman–Crippen MR) is 82.1 cm³/mol. The van der Waals surface area contributed by atoms with Crippen LogP contribution in [0.5, 0.6) is 5.75 Å². The lowest BCUT2D eigenvalue weighted by Gasteiger charge is -2.18. The highest BCUT2D eigenvalue weighted by Gasteiger charge is 2.11. The van der Waals surface area contributed by atoms with Crippen molar-refractivity contribution in [1.29, 1.82) is 0 Å². The summed E-state index contributed by atoms with van der Waals surface area (Å²) < 4.78 is 5.38. The number of ether oxygens (including phenoxy) is 1. The largest absolute Gasteiger partial charge is 0.496 e. The summed E-state index contributed by atoms with van der Waals surface area (Å²) in [7, 11) is 1.68. The van der Waals surface area contributed by atoms with Crippen LogP contribution >= 0.6 is 0 Å². The van der Waals surface area contributed by atoms with E-state index in [9.17, 15) is 4.79 Å². The van der Waals surface area contributed by atoms with Gasteiger partial charge in [-0.15, -0.1) is 0 Å². The molecule has 4 heteroatoms. The highest BCUT2D eigenvalue weighted by Crippen LogP contribution is 2.25. The third-order valence-electron chi connectivity index (χ3n) is 3.23. The first kappa shape index (κ1) is 16.5. The van der Waals surface area contributed by atoms with E-state index in [4.69, 9.17) is 4.74 Å². The van der Waals surface area contributed by atoms with Gasteiger partial charge in [-0.25, -0.2) is 0 Å². The number of hydrogen-bond acceptors (Lipinski definition) is 3. The molecule has 2 N–H and O–H groups in total. The highest BCUT2D eigenvalue weighted by molar-refractivity contribution is 5.76. The Morgan fingerprint density at radius 1 is 1.35 bits per heavy atom. The molecule has 1 rings (SSSR count). The van der Waals surface area contributed by atoms with Crippen molar-refractivity contribution in [3.8, 4) is 5.75 Å². The molecule has 0 radical (unpaired) electrons. The van der Waals surface area contributed by atoms with Crippen molar-refractivity contribution >= 4 is 5.91 Å². The molecule has 1 aromatic carbocycles. The summed E-state index contributed by atoms with van der Waals surface area (Å²) in [5, 5.41) is 6.24. The Bertz CT molecular complexity index is 432. The molecule has 1 aromatic rings. The minimum atomic E-state index is 0.0998. The Labute approximate surface area is 121 Å². The van der Waals surface area contributed by atoms with Gasteiger partial charge in [-0.3, -0.25) is 4.79 Å². The van der Waals surface area contributed by atoms with E-state index in [1.54, 1.807) is 7.11 Å². The lowest BCUT2D eigenvalue weighted by atomic mass is 10.0. The summed E-state index contributed by atoms with van der Waals surface area (Å²) in [6.07, 6.45) is 1.47. The smallest absolute Gasteiger partial charge is 0.221 e. The molecule has 0 heterocycles. The number of carbonyl (C=O) groups is 1. The monoisotopic (exact) mass is 278 g/mol. The zero-order chi connectivity index (χ0) is 15.0. The average Bonchev–Trinajstić information content (AvgIpc) is 2.44. The lowest BCUT2D eigenvalue weighted by Crippen LogP contribution is -2.29. The van der Waals surface area contributed by atoms with Crippen LogP contribution in [-0.4, -0.2) is 26.1 Å². The van der Waals surface area contributed by atoms with Crippen molar-refractivity contribution in [2.45, 2.75) is 39.7 Å². The molecular weight excluding hydrogens is 252 g/mol. The number of benzene rings is 1. The second kappa shape index (κ2) is 8.59. The Balaban J connectivity index is 2.48. The van der Waals surface area contributed by atoms with Gasteiger partial charge in [0.05, 0.1) is 7.11 Å². The molecule has 0 bridgehead atoms. The Morgan fingerprint density at radius 3 is 2.75 bits per heavy atom. The van der Waals surface area contributed by atoms with Crippen LogP contribution in [-0.2, 0) is 4.79 Å². The van der Waals surface area contributed by atoms with Crippen molar-refractivity contribution in [2.24, 2.45) is 0 Å². The zero-order valence-corrected chi connectivity index (χ0v) is 13.0. The summed E-state index contributed by atoms with van der Waals surface area (Å²) in [6.45, 7) is 7.60. The van der Waals surface area contributed by atoms with E-state index >= 15 is 0 Å².